The lowest BCUT2D eigenvalue weighted by Gasteiger charge is -2.10. The van der Waals surface area contributed by atoms with E-state index in [-0.39, 0.29) is 12.1 Å². The van der Waals surface area contributed by atoms with Crippen LogP contribution in [0.25, 0.3) is 0 Å². The molecule has 0 bridgehead atoms. The van der Waals surface area contributed by atoms with Gasteiger partial charge in [0.2, 0.25) is 0 Å². The van der Waals surface area contributed by atoms with E-state index in [1.54, 1.807) is 32.0 Å². The second kappa shape index (κ2) is 6.08. The summed E-state index contributed by atoms with van der Waals surface area (Å²) in [6.45, 7) is 3.62. The Labute approximate surface area is 120 Å². The molecule has 0 radical (unpaired) electrons. The second-order valence-electron chi connectivity index (χ2n) is 4.53. The maximum Gasteiger partial charge on any atom is 0.336 e. The number of hydrogen-bond acceptors (Lipinski definition) is 4. The normalized spacial score (nSPS) is 10.2. The number of anilines is 1. The number of aromatic carboxylic acids is 1. The van der Waals surface area contributed by atoms with Crippen molar-refractivity contribution in [2.45, 2.75) is 20.4 Å². The van der Waals surface area contributed by atoms with Crippen LogP contribution >= 0.6 is 0 Å². The minimum atomic E-state index is -1.03. The van der Waals surface area contributed by atoms with Gasteiger partial charge in [-0.05, 0) is 31.5 Å². The number of carboxylic acids is 1. The van der Waals surface area contributed by atoms with Crippen molar-refractivity contribution in [3.63, 3.8) is 0 Å². The number of carbonyl (C=O) groups is 2. The Morgan fingerprint density at radius 3 is 2.71 bits per heavy atom. The molecule has 0 fully saturated rings. The molecular formula is C14H15N3O4. The first kappa shape index (κ1) is 14.6. The minimum absolute atomic E-state index is 0.152. The fraction of sp³-hybridized carbons (Fsp3) is 0.214. The number of nitrogens with one attached hydrogen (secondary N) is 2. The van der Waals surface area contributed by atoms with Gasteiger partial charge < -0.3 is 20.3 Å². The third-order valence-corrected chi connectivity index (χ3v) is 2.91. The number of urea groups is 1. The van der Waals surface area contributed by atoms with Gasteiger partial charge in [0.05, 0.1) is 17.8 Å². The molecule has 110 valence electrons. The molecule has 0 saturated heterocycles. The molecule has 0 spiro atoms. The Bertz CT molecular complexity index is 679. The Balaban J connectivity index is 1.99. The summed E-state index contributed by atoms with van der Waals surface area (Å²) in [6.07, 6.45) is 0. The highest BCUT2D eigenvalue weighted by Crippen LogP contribution is 2.18. The largest absolute Gasteiger partial charge is 0.478 e. The molecule has 2 aromatic rings. The first-order valence-corrected chi connectivity index (χ1v) is 6.27. The minimum Gasteiger partial charge on any atom is -0.478 e. The van der Waals surface area contributed by atoms with Crippen LogP contribution in [0.15, 0.2) is 28.8 Å². The van der Waals surface area contributed by atoms with Gasteiger partial charge in [0.1, 0.15) is 0 Å². The maximum atomic E-state index is 11.8. The molecule has 1 heterocycles. The quantitative estimate of drug-likeness (QED) is 0.801. The van der Waals surface area contributed by atoms with Crippen molar-refractivity contribution in [2.24, 2.45) is 0 Å². The molecule has 3 N–H and O–H groups in total. The van der Waals surface area contributed by atoms with Crippen molar-refractivity contribution >= 4 is 17.7 Å². The summed E-state index contributed by atoms with van der Waals surface area (Å²) in [4.78, 5) is 22.8. The van der Waals surface area contributed by atoms with Gasteiger partial charge in [-0.15, -0.1) is 0 Å². The van der Waals surface area contributed by atoms with Gasteiger partial charge in [-0.25, -0.2) is 9.59 Å². The van der Waals surface area contributed by atoms with E-state index in [1.807, 2.05) is 0 Å². The lowest BCUT2D eigenvalue weighted by atomic mass is 10.1. The van der Waals surface area contributed by atoms with Crippen LogP contribution in [0.3, 0.4) is 0 Å². The Morgan fingerprint density at radius 1 is 1.33 bits per heavy atom. The third kappa shape index (κ3) is 3.59. The van der Waals surface area contributed by atoms with Gasteiger partial charge >= 0.3 is 12.0 Å². The zero-order valence-corrected chi connectivity index (χ0v) is 11.6. The molecule has 1 aromatic heterocycles. The number of nitrogens with zero attached hydrogens (tertiary/aromatic N) is 1. The van der Waals surface area contributed by atoms with E-state index < -0.39 is 12.0 Å². The predicted molar refractivity (Wildman–Crippen MR) is 75.2 cm³/mol. The van der Waals surface area contributed by atoms with Crippen LogP contribution in [0.5, 0.6) is 0 Å². The summed E-state index contributed by atoms with van der Waals surface area (Å²) in [5.41, 5.74) is 1.83. The number of benzene rings is 1. The van der Waals surface area contributed by atoms with Crippen LogP contribution in [0.1, 0.15) is 27.4 Å². The number of rotatable bonds is 4. The molecular weight excluding hydrogens is 274 g/mol. The number of carbonyl (C=O) groups excluding carboxylic acids is 1. The number of carboxylic acid groups (broad SMARTS) is 1. The summed E-state index contributed by atoms with van der Waals surface area (Å²) < 4.78 is 4.97. The smallest absolute Gasteiger partial charge is 0.336 e. The zero-order chi connectivity index (χ0) is 15.4. The topological polar surface area (TPSA) is 104 Å². The van der Waals surface area contributed by atoms with Crippen molar-refractivity contribution in [2.75, 3.05) is 5.32 Å². The van der Waals surface area contributed by atoms with Crippen LogP contribution in [0.4, 0.5) is 10.5 Å². The van der Waals surface area contributed by atoms with Gasteiger partial charge in [0, 0.05) is 11.8 Å². The van der Waals surface area contributed by atoms with Crippen molar-refractivity contribution in [1.82, 2.24) is 10.5 Å². The molecule has 7 heteroatoms. The Kier molecular flexibility index (Phi) is 4.22. The number of aromatic nitrogens is 1. The average Bonchev–Trinajstić information content (AvgIpc) is 2.84. The molecule has 0 aliphatic rings. The van der Waals surface area contributed by atoms with Gasteiger partial charge in [-0.3, -0.25) is 0 Å². The number of hydrogen-bond donors (Lipinski definition) is 3. The van der Waals surface area contributed by atoms with Gasteiger partial charge in [-0.1, -0.05) is 11.2 Å². The molecule has 2 rings (SSSR count). The first-order chi connectivity index (χ1) is 9.97. The molecule has 0 aliphatic heterocycles. The monoisotopic (exact) mass is 289 g/mol. The number of aryl methyl sites for hydroxylation is 1. The molecule has 0 aliphatic carbocycles. The first-order valence-electron chi connectivity index (χ1n) is 6.27. The lowest BCUT2D eigenvalue weighted by molar-refractivity contribution is 0.0696. The summed E-state index contributed by atoms with van der Waals surface area (Å²) in [7, 11) is 0. The van der Waals surface area contributed by atoms with E-state index in [9.17, 15) is 9.59 Å². The van der Waals surface area contributed by atoms with E-state index in [4.69, 9.17) is 9.63 Å². The van der Waals surface area contributed by atoms with E-state index >= 15 is 0 Å². The van der Waals surface area contributed by atoms with Gasteiger partial charge in [0.15, 0.2) is 5.76 Å². The summed E-state index contributed by atoms with van der Waals surface area (Å²) in [6, 6.07) is 5.97. The second-order valence-corrected chi connectivity index (χ2v) is 4.53. The fourth-order valence-electron chi connectivity index (χ4n) is 1.84. The van der Waals surface area contributed by atoms with E-state index in [2.05, 4.69) is 15.8 Å². The van der Waals surface area contributed by atoms with E-state index in [0.29, 0.717) is 17.0 Å². The van der Waals surface area contributed by atoms with Crippen molar-refractivity contribution < 1.29 is 19.2 Å². The van der Waals surface area contributed by atoms with Gasteiger partial charge in [0.25, 0.3) is 0 Å². The lowest BCUT2D eigenvalue weighted by Crippen LogP contribution is -2.28. The van der Waals surface area contributed by atoms with E-state index in [1.165, 1.54) is 6.07 Å². The highest BCUT2D eigenvalue weighted by atomic mass is 16.5. The third-order valence-electron chi connectivity index (χ3n) is 2.91. The van der Waals surface area contributed by atoms with Crippen molar-refractivity contribution in [3.05, 3.63) is 46.8 Å². The van der Waals surface area contributed by atoms with Crippen LogP contribution < -0.4 is 10.6 Å². The summed E-state index contributed by atoms with van der Waals surface area (Å²) in [5, 5.41) is 18.0. The Morgan fingerprint density at radius 2 is 2.10 bits per heavy atom. The molecule has 1 aromatic carbocycles. The summed E-state index contributed by atoms with van der Waals surface area (Å²) in [5.74, 6) is -0.493. The molecule has 0 unspecified atom stereocenters. The van der Waals surface area contributed by atoms with Crippen LogP contribution in [0, 0.1) is 13.8 Å². The van der Waals surface area contributed by atoms with Crippen LogP contribution in [-0.2, 0) is 6.54 Å². The summed E-state index contributed by atoms with van der Waals surface area (Å²) >= 11 is 0. The van der Waals surface area contributed by atoms with Crippen LogP contribution in [0.2, 0.25) is 0 Å². The average molecular weight is 289 g/mol. The zero-order valence-electron chi connectivity index (χ0n) is 11.6. The Hall–Kier alpha value is -2.83. The highest BCUT2D eigenvalue weighted by molar-refractivity contribution is 5.95. The maximum absolute atomic E-state index is 11.8. The van der Waals surface area contributed by atoms with E-state index in [0.717, 1.165) is 5.69 Å². The molecule has 2 amide bonds. The highest BCUT2D eigenvalue weighted by Gasteiger charge is 2.12. The fourth-order valence-corrected chi connectivity index (χ4v) is 1.84. The molecule has 21 heavy (non-hydrogen) atoms. The standard InChI is InChI=1S/C14H15N3O4/c1-8-6-10(21-17-8)7-15-14(20)16-12-5-3-4-11(9(12)2)13(18)19/h3-6H,7H2,1-2H3,(H,18,19)(H2,15,16,20). The van der Waals surface area contributed by atoms with Crippen LogP contribution in [-0.4, -0.2) is 22.3 Å². The SMILES string of the molecule is Cc1cc(CNC(=O)Nc2cccc(C(=O)O)c2C)on1. The predicted octanol–water partition coefficient (Wildman–Crippen LogP) is 2.31. The molecule has 0 atom stereocenters. The van der Waals surface area contributed by atoms with Crippen molar-refractivity contribution in [3.8, 4) is 0 Å². The van der Waals surface area contributed by atoms with Gasteiger partial charge in [-0.2, -0.15) is 0 Å². The number of amides is 2. The van der Waals surface area contributed by atoms with Crippen molar-refractivity contribution in [1.29, 1.82) is 0 Å². The molecule has 7 nitrogen and oxygen atoms in total. The molecule has 0 saturated carbocycles.